The molecule has 386 valence electrons. The molecule has 1 aliphatic heterocycles. The average molecular weight is 1050 g/mol. The molecule has 0 atom stereocenters. The zero-order valence-electron chi connectivity index (χ0n) is 61.6. The van der Waals surface area contributed by atoms with Crippen molar-refractivity contribution in [2.75, 3.05) is 0 Å². The lowest BCUT2D eigenvalue weighted by Gasteiger charge is -2.26. The molecular weight excluding hydrogens is 973 g/mol. The molecule has 0 saturated carbocycles. The number of rotatable bonds is 8. The number of para-hydroxylation sites is 1. The molecule has 4 heterocycles. The summed E-state index contributed by atoms with van der Waals surface area (Å²) < 4.78 is 166. The van der Waals surface area contributed by atoms with E-state index in [0.717, 1.165) is 33.0 Å². The van der Waals surface area contributed by atoms with E-state index in [1.165, 1.54) is 6.20 Å². The highest BCUT2D eigenvalue weighted by molar-refractivity contribution is 6.10. The normalized spacial score (nSPS) is 15.3. The Kier molecular flexibility index (Phi) is 8.04. The molecule has 13 aromatic rings. The Morgan fingerprint density at radius 3 is 1.76 bits per heavy atom. The summed E-state index contributed by atoms with van der Waals surface area (Å²) in [4.78, 5) is 4.90. The number of benzene rings is 10. The van der Waals surface area contributed by atoms with Crippen molar-refractivity contribution in [1.29, 1.82) is 0 Å². The van der Waals surface area contributed by atoms with Gasteiger partial charge in [-0.1, -0.05) is 223 Å². The molecule has 0 spiro atoms. The van der Waals surface area contributed by atoms with E-state index in [1.807, 2.05) is 139 Å². The minimum absolute atomic E-state index is 0.0412. The molecule has 0 amide bonds. The smallest absolute Gasteiger partial charge is 0.269 e. The predicted molar refractivity (Wildman–Crippen MR) is 330 cm³/mol. The molecule has 0 radical (unpaired) electrons. The first kappa shape index (κ1) is 33.7. The number of imidazole rings is 1. The summed E-state index contributed by atoms with van der Waals surface area (Å²) in [5, 5.41) is 1.64. The standard InChI is InChI=1S/C75H60N4O/c1-74(2,3)46-53-41-71(76-47-67(53)51-27-14-9-15-28-51)79-68-36-21-20-35-62(68)63-38-37-57(45-69(63)79)80-56-30-22-29-55(44-56)77-48-78-72-64(50-25-12-8-13-26-50)42-54(75(4,5)6)43-66(72)61-34-19-17-32-59(61)58-31-16-18-33-60(58)65-39-52(40-70(77)73(65)78)49-23-10-7-11-24-49/h7-45,47H,46H2,1-6H3/i7D,8D,9D,10D,11D,12D,13D,14D,15D,23D,24D,25D,26D,27D,28D,46D2. The Morgan fingerprint density at radius 2 is 1.09 bits per heavy atom. The minimum atomic E-state index is -2.15. The molecule has 14 rings (SSSR count). The van der Waals surface area contributed by atoms with Crippen LogP contribution in [0.3, 0.4) is 0 Å². The van der Waals surface area contributed by atoms with Crippen molar-refractivity contribution < 1.29 is 32.6 Å². The van der Waals surface area contributed by atoms with Crippen molar-refractivity contribution in [2.45, 2.75) is 53.3 Å². The van der Waals surface area contributed by atoms with Gasteiger partial charge in [0.15, 0.2) is 0 Å². The summed E-state index contributed by atoms with van der Waals surface area (Å²) >= 11 is 0. The quantitative estimate of drug-likeness (QED) is 0.112. The number of hydrogen-bond acceptors (Lipinski definition) is 2. The number of ether oxygens (including phenoxy) is 1. The van der Waals surface area contributed by atoms with Crippen LogP contribution in [0, 0.1) is 11.7 Å². The first-order valence-electron chi connectivity index (χ1n) is 34.9. The third kappa shape index (κ3) is 8.58. The highest BCUT2D eigenvalue weighted by atomic mass is 16.5. The monoisotopic (exact) mass is 1050 g/mol. The number of nitrogens with zero attached hydrogens (tertiary/aromatic N) is 4. The second kappa shape index (κ2) is 19.1. The van der Waals surface area contributed by atoms with Gasteiger partial charge in [-0.05, 0) is 138 Å². The van der Waals surface area contributed by atoms with Crippen LogP contribution in [0.4, 0.5) is 0 Å². The summed E-state index contributed by atoms with van der Waals surface area (Å²) in [5.41, 5.74) is 7.06. The highest BCUT2D eigenvalue weighted by Crippen LogP contribution is 2.48. The van der Waals surface area contributed by atoms with Crippen molar-refractivity contribution in [2.24, 2.45) is 5.41 Å². The predicted octanol–water partition coefficient (Wildman–Crippen LogP) is 19.2. The number of pyridine rings is 1. The Morgan fingerprint density at radius 1 is 0.500 bits per heavy atom. The van der Waals surface area contributed by atoms with Gasteiger partial charge in [0.05, 0.1) is 54.0 Å². The van der Waals surface area contributed by atoms with Gasteiger partial charge in [0.25, 0.3) is 6.33 Å². The fourth-order valence-corrected chi connectivity index (χ4v) is 11.1. The maximum Gasteiger partial charge on any atom is 0.269 e. The van der Waals surface area contributed by atoms with Gasteiger partial charge < -0.3 is 4.74 Å². The average Bonchev–Trinajstić information content (AvgIpc) is 1.63. The third-order valence-corrected chi connectivity index (χ3v) is 14.6. The molecule has 10 aromatic carbocycles. The number of hydrogen-bond donors (Lipinski definition) is 0. The van der Waals surface area contributed by atoms with E-state index in [4.69, 9.17) is 24.8 Å². The largest absolute Gasteiger partial charge is 0.458 e. The highest BCUT2D eigenvalue weighted by Gasteiger charge is 2.30. The van der Waals surface area contributed by atoms with Crippen molar-refractivity contribution in [3.63, 3.8) is 0 Å². The van der Waals surface area contributed by atoms with E-state index in [-0.39, 0.29) is 39.2 Å². The molecule has 5 nitrogen and oxygen atoms in total. The van der Waals surface area contributed by atoms with Crippen LogP contribution in [-0.2, 0) is 11.8 Å². The topological polar surface area (TPSA) is 35.9 Å². The van der Waals surface area contributed by atoms with Crippen LogP contribution in [0.25, 0.3) is 117 Å². The molecular formula is C75H60N4O. The molecule has 80 heavy (non-hydrogen) atoms. The van der Waals surface area contributed by atoms with E-state index in [0.29, 0.717) is 67.2 Å². The molecule has 0 unspecified atom stereocenters. The second-order valence-electron chi connectivity index (χ2n) is 22.0. The summed E-state index contributed by atoms with van der Waals surface area (Å²) in [5.74, 6) is 1.01. The van der Waals surface area contributed by atoms with Crippen LogP contribution >= 0.6 is 0 Å². The molecule has 1 aliphatic rings. The molecule has 3 aromatic heterocycles. The summed E-state index contributed by atoms with van der Waals surface area (Å²) in [6, 6.07) is 37.7. The molecule has 0 aliphatic carbocycles. The second-order valence-corrected chi connectivity index (χ2v) is 22.0. The third-order valence-electron chi connectivity index (χ3n) is 14.6. The van der Waals surface area contributed by atoms with Crippen LogP contribution in [0.5, 0.6) is 11.5 Å². The van der Waals surface area contributed by atoms with Crippen LogP contribution in [-0.4, -0.2) is 14.1 Å². The Hall–Kier alpha value is -9.58. The van der Waals surface area contributed by atoms with Crippen molar-refractivity contribution in [1.82, 2.24) is 14.1 Å². The van der Waals surface area contributed by atoms with Gasteiger partial charge in [-0.2, -0.15) is 0 Å². The van der Waals surface area contributed by atoms with Crippen molar-refractivity contribution >= 4 is 32.8 Å². The van der Waals surface area contributed by atoms with Gasteiger partial charge >= 0.3 is 0 Å². The zero-order valence-corrected chi connectivity index (χ0v) is 44.6. The fraction of sp³-hybridized carbons (Fsp3) is 0.120. The lowest BCUT2D eigenvalue weighted by molar-refractivity contribution is -0.570. The molecule has 0 fully saturated rings. The molecule has 5 heteroatoms. The summed E-state index contributed by atoms with van der Waals surface area (Å²) in [6.07, 6.45) is 2.92. The Labute approximate surface area is 492 Å². The number of fused-ring (bicyclic) bond motifs is 10. The summed E-state index contributed by atoms with van der Waals surface area (Å²) in [7, 11) is 0. The molecule has 0 bridgehead atoms. The van der Waals surface area contributed by atoms with Crippen molar-refractivity contribution in [3.05, 3.63) is 260 Å². The maximum absolute atomic E-state index is 9.65. The lowest BCUT2D eigenvalue weighted by atomic mass is 9.81. The van der Waals surface area contributed by atoms with Gasteiger partial charge in [0.1, 0.15) is 17.3 Å². The van der Waals surface area contributed by atoms with E-state index >= 15 is 0 Å². The van der Waals surface area contributed by atoms with Crippen LogP contribution in [0.2, 0.25) is 0 Å². The van der Waals surface area contributed by atoms with E-state index in [9.17, 15) is 8.22 Å². The zero-order chi connectivity index (χ0) is 69.1. The first-order chi connectivity index (χ1) is 45.9. The van der Waals surface area contributed by atoms with Crippen LogP contribution < -0.4 is 9.30 Å². The van der Waals surface area contributed by atoms with Gasteiger partial charge in [-0.25, -0.2) is 4.98 Å². The van der Waals surface area contributed by atoms with Gasteiger partial charge in [-0.15, -0.1) is 0 Å². The summed E-state index contributed by atoms with van der Waals surface area (Å²) in [6.45, 7) is 11.3. The molecule has 0 saturated heterocycles. The Balaban J connectivity index is 1.02. The van der Waals surface area contributed by atoms with Crippen LogP contribution in [0.15, 0.2) is 242 Å². The van der Waals surface area contributed by atoms with Crippen molar-refractivity contribution in [3.8, 4) is 95.5 Å². The SMILES string of the molecule is [2H]c1c([2H])c([2H])c(-c2cc3c4c(c2)n(-c2cccc(Oc5ccc6c7ccccc7n(-c7cc(C([2H])([2H])C(C)(C)C)c(-c8c([2H])c([2H])c([2H])c([2H])c8[2H])cn7)c6c5)c2)[c-][n+]4-c2c(cc(C(C)(C)C)cc2-c2c([2H])c([2H])c([2H])c([2H])c2[2H])-c2ccccc2-c2ccccc2-3)c([2H])c1[2H]. The van der Waals surface area contributed by atoms with E-state index < -0.39 is 108 Å². The fourth-order valence-electron chi connectivity index (χ4n) is 11.1. The minimum Gasteiger partial charge on any atom is -0.458 e. The van der Waals surface area contributed by atoms with Gasteiger partial charge in [-0.3, -0.25) is 13.7 Å². The number of aromatic nitrogens is 4. The van der Waals surface area contributed by atoms with E-state index in [2.05, 4.69) is 12.4 Å². The maximum atomic E-state index is 9.65. The lowest BCUT2D eigenvalue weighted by Crippen LogP contribution is -2.32. The van der Waals surface area contributed by atoms with Gasteiger partial charge in [0.2, 0.25) is 0 Å². The first-order valence-corrected chi connectivity index (χ1v) is 26.4. The van der Waals surface area contributed by atoms with E-state index in [1.54, 1.807) is 55.7 Å². The molecule has 0 N–H and O–H groups in total. The Bertz CT molecular complexity index is 5500. The van der Waals surface area contributed by atoms with Crippen LogP contribution in [0.1, 0.15) is 76.0 Å². The van der Waals surface area contributed by atoms with Gasteiger partial charge in [0, 0.05) is 31.3 Å².